The van der Waals surface area contributed by atoms with Crippen LogP contribution in [-0.2, 0) is 21.2 Å². The van der Waals surface area contributed by atoms with Gasteiger partial charge in [0.25, 0.3) is 0 Å². The number of sulfonamides is 1. The zero-order valence-corrected chi connectivity index (χ0v) is 13.0. The van der Waals surface area contributed by atoms with E-state index in [1.54, 1.807) is 4.31 Å². The minimum Gasteiger partial charge on any atom is -0.394 e. The molecule has 2 rings (SSSR count). The van der Waals surface area contributed by atoms with Crippen LogP contribution in [0.4, 0.5) is 0 Å². The lowest BCUT2D eigenvalue weighted by atomic mass is 10.1. The average Bonchev–Trinajstić information content (AvgIpc) is 2.52. The maximum Gasteiger partial charge on any atom is 0.214 e. The number of hydrogen-bond acceptors (Lipinski definition) is 4. The van der Waals surface area contributed by atoms with Gasteiger partial charge in [-0.2, -0.15) is 0 Å². The molecule has 0 spiro atoms. The molecule has 1 aromatic rings. The fourth-order valence-corrected chi connectivity index (χ4v) is 4.04. The molecule has 0 bridgehead atoms. The largest absolute Gasteiger partial charge is 0.394 e. The summed E-state index contributed by atoms with van der Waals surface area (Å²) in [4.78, 5) is 0. The van der Waals surface area contributed by atoms with Crippen LogP contribution < -0.4 is 0 Å². The molecule has 1 N–H and O–H groups in total. The highest BCUT2D eigenvalue weighted by atomic mass is 32.2. The molecule has 6 heteroatoms. The van der Waals surface area contributed by atoms with E-state index in [1.807, 2.05) is 30.3 Å². The molecule has 0 radical (unpaired) electrons. The van der Waals surface area contributed by atoms with Crippen molar-refractivity contribution < 1.29 is 18.3 Å². The molecule has 21 heavy (non-hydrogen) atoms. The Hall–Kier alpha value is -0.950. The van der Waals surface area contributed by atoms with Gasteiger partial charge in [0.05, 0.1) is 25.1 Å². The minimum atomic E-state index is -3.20. The third kappa shape index (κ3) is 5.07. The van der Waals surface area contributed by atoms with Gasteiger partial charge in [0.15, 0.2) is 0 Å². The summed E-state index contributed by atoms with van der Waals surface area (Å²) < 4.78 is 31.7. The fraction of sp³-hybridized carbons (Fsp3) is 0.600. The summed E-state index contributed by atoms with van der Waals surface area (Å²) in [7, 11) is -3.20. The quantitative estimate of drug-likeness (QED) is 0.816. The van der Waals surface area contributed by atoms with E-state index in [2.05, 4.69) is 0 Å². The van der Waals surface area contributed by atoms with Crippen molar-refractivity contribution in [1.82, 2.24) is 4.31 Å². The van der Waals surface area contributed by atoms with Crippen LogP contribution in [0, 0.1) is 0 Å². The van der Waals surface area contributed by atoms with Gasteiger partial charge in [0.1, 0.15) is 0 Å². The molecule has 5 nitrogen and oxygen atoms in total. The summed E-state index contributed by atoms with van der Waals surface area (Å²) >= 11 is 0. The Morgan fingerprint density at radius 2 is 1.86 bits per heavy atom. The molecule has 0 aliphatic carbocycles. The van der Waals surface area contributed by atoms with E-state index in [4.69, 9.17) is 9.84 Å². The van der Waals surface area contributed by atoms with Crippen LogP contribution >= 0.6 is 0 Å². The lowest BCUT2D eigenvalue weighted by Gasteiger charge is -2.31. The van der Waals surface area contributed by atoms with Gasteiger partial charge >= 0.3 is 0 Å². The molecular weight excluding hydrogens is 290 g/mol. The molecule has 1 aliphatic heterocycles. The van der Waals surface area contributed by atoms with Gasteiger partial charge in [0, 0.05) is 13.1 Å². The predicted molar refractivity (Wildman–Crippen MR) is 81.6 cm³/mol. The van der Waals surface area contributed by atoms with E-state index < -0.39 is 10.0 Å². The summed E-state index contributed by atoms with van der Waals surface area (Å²) in [6, 6.07) is 9.67. The Bertz CT molecular complexity index is 510. The average molecular weight is 313 g/mol. The number of piperidine rings is 1. The molecule has 1 aromatic carbocycles. The lowest BCUT2D eigenvalue weighted by Crippen LogP contribution is -2.42. The van der Waals surface area contributed by atoms with E-state index in [-0.39, 0.29) is 18.5 Å². The lowest BCUT2D eigenvalue weighted by molar-refractivity contribution is 0.00319. The molecule has 0 amide bonds. The first-order valence-electron chi connectivity index (χ1n) is 7.36. The van der Waals surface area contributed by atoms with Crippen molar-refractivity contribution in [3.8, 4) is 0 Å². The maximum absolute atomic E-state index is 12.3. The van der Waals surface area contributed by atoms with Crippen LogP contribution in [0.15, 0.2) is 30.3 Å². The number of hydrogen-bond donors (Lipinski definition) is 1. The van der Waals surface area contributed by atoms with Crippen molar-refractivity contribution in [1.29, 1.82) is 0 Å². The van der Waals surface area contributed by atoms with Gasteiger partial charge in [-0.1, -0.05) is 30.3 Å². The highest BCUT2D eigenvalue weighted by molar-refractivity contribution is 7.89. The Balaban J connectivity index is 1.81. The Morgan fingerprint density at radius 3 is 2.48 bits per heavy atom. The second kappa shape index (κ2) is 7.89. The number of nitrogens with zero attached hydrogens (tertiary/aromatic N) is 1. The maximum atomic E-state index is 12.3. The molecule has 1 saturated heterocycles. The van der Waals surface area contributed by atoms with Crippen molar-refractivity contribution in [3.63, 3.8) is 0 Å². The molecule has 0 unspecified atom stereocenters. The first-order chi connectivity index (χ1) is 10.1. The summed E-state index contributed by atoms with van der Waals surface area (Å²) in [5.41, 5.74) is 1.04. The van der Waals surface area contributed by atoms with Gasteiger partial charge in [-0.15, -0.1) is 0 Å². The molecule has 1 aliphatic rings. The number of ether oxygens (including phenoxy) is 1. The van der Waals surface area contributed by atoms with Crippen LogP contribution in [0.2, 0.25) is 0 Å². The van der Waals surface area contributed by atoms with Crippen LogP contribution in [0.25, 0.3) is 0 Å². The van der Waals surface area contributed by atoms with E-state index in [0.29, 0.717) is 39.0 Å². The number of rotatable bonds is 7. The Kier molecular flexibility index (Phi) is 6.17. The third-order valence-corrected chi connectivity index (χ3v) is 5.60. The van der Waals surface area contributed by atoms with Crippen LogP contribution in [0.1, 0.15) is 18.4 Å². The molecule has 0 atom stereocenters. The first-order valence-corrected chi connectivity index (χ1v) is 8.97. The Labute approximate surface area is 126 Å². The summed E-state index contributed by atoms with van der Waals surface area (Å²) in [6.07, 6.45) is 2.01. The summed E-state index contributed by atoms with van der Waals surface area (Å²) in [5.74, 6) is 0.152. The predicted octanol–water partition coefficient (Wildman–Crippen LogP) is 1.03. The standard InChI is InChI=1S/C15H23NO4S/c17-11-12-20-15-6-9-16(10-7-15)21(18,19)13-8-14-4-2-1-3-5-14/h1-5,15,17H,6-13H2. The normalized spacial score (nSPS) is 18.0. The smallest absolute Gasteiger partial charge is 0.214 e. The molecule has 0 aromatic heterocycles. The molecule has 118 valence electrons. The fourth-order valence-electron chi connectivity index (χ4n) is 2.52. The minimum absolute atomic E-state index is 0.00951. The molecular formula is C15H23NO4S. The van der Waals surface area contributed by atoms with E-state index in [0.717, 1.165) is 5.56 Å². The van der Waals surface area contributed by atoms with Gasteiger partial charge in [-0.25, -0.2) is 12.7 Å². The van der Waals surface area contributed by atoms with Crippen LogP contribution in [0.5, 0.6) is 0 Å². The monoisotopic (exact) mass is 313 g/mol. The molecule has 1 heterocycles. The van der Waals surface area contributed by atoms with Crippen molar-refractivity contribution in [2.45, 2.75) is 25.4 Å². The molecule has 0 saturated carbocycles. The number of benzene rings is 1. The zero-order valence-electron chi connectivity index (χ0n) is 12.1. The van der Waals surface area contributed by atoms with Crippen LogP contribution in [-0.4, -0.2) is 56.0 Å². The topological polar surface area (TPSA) is 66.8 Å². The van der Waals surface area contributed by atoms with Gasteiger partial charge < -0.3 is 9.84 Å². The highest BCUT2D eigenvalue weighted by Crippen LogP contribution is 2.17. The van der Waals surface area contributed by atoms with Crippen LogP contribution in [0.3, 0.4) is 0 Å². The zero-order chi connectivity index (χ0) is 15.1. The Morgan fingerprint density at radius 1 is 1.19 bits per heavy atom. The van der Waals surface area contributed by atoms with E-state index in [1.165, 1.54) is 0 Å². The van der Waals surface area contributed by atoms with Crippen molar-refractivity contribution in [2.24, 2.45) is 0 Å². The summed E-state index contributed by atoms with van der Waals surface area (Å²) in [6.45, 7) is 1.35. The van der Waals surface area contributed by atoms with Crippen molar-refractivity contribution >= 4 is 10.0 Å². The van der Waals surface area contributed by atoms with Crippen molar-refractivity contribution in [2.75, 3.05) is 32.1 Å². The van der Waals surface area contributed by atoms with Gasteiger partial charge in [-0.3, -0.25) is 0 Å². The second-order valence-corrected chi connectivity index (χ2v) is 7.33. The van der Waals surface area contributed by atoms with E-state index >= 15 is 0 Å². The second-order valence-electron chi connectivity index (χ2n) is 5.24. The van der Waals surface area contributed by atoms with Crippen molar-refractivity contribution in [3.05, 3.63) is 35.9 Å². The van der Waals surface area contributed by atoms with Gasteiger partial charge in [-0.05, 0) is 24.8 Å². The van der Waals surface area contributed by atoms with E-state index in [9.17, 15) is 8.42 Å². The van der Waals surface area contributed by atoms with Gasteiger partial charge in [0.2, 0.25) is 10.0 Å². The summed E-state index contributed by atoms with van der Waals surface area (Å²) in [5, 5.41) is 8.73. The third-order valence-electron chi connectivity index (χ3n) is 3.73. The highest BCUT2D eigenvalue weighted by Gasteiger charge is 2.27. The number of aliphatic hydroxyl groups is 1. The SMILES string of the molecule is O=S(=O)(CCc1ccccc1)N1CCC(OCCO)CC1. The first kappa shape index (κ1) is 16.4. The molecule has 1 fully saturated rings. The number of aliphatic hydroxyl groups excluding tert-OH is 1. The number of aryl methyl sites for hydroxylation is 1.